The summed E-state index contributed by atoms with van der Waals surface area (Å²) in [5.41, 5.74) is 1.86. The first kappa shape index (κ1) is 19.4. The van der Waals surface area contributed by atoms with E-state index in [9.17, 15) is 13.2 Å². The van der Waals surface area contributed by atoms with Crippen LogP contribution in [0.25, 0.3) is 0 Å². The average molecular weight is 388 g/mol. The van der Waals surface area contributed by atoms with Gasteiger partial charge in [-0.2, -0.15) is 4.31 Å². The minimum absolute atomic E-state index is 0.175. The van der Waals surface area contributed by atoms with E-state index >= 15 is 0 Å². The third-order valence-electron chi connectivity index (χ3n) is 4.67. The number of para-hydroxylation sites is 1. The van der Waals surface area contributed by atoms with Gasteiger partial charge in [0.2, 0.25) is 10.0 Å². The molecule has 1 aliphatic rings. The first-order valence-electron chi connectivity index (χ1n) is 9.07. The van der Waals surface area contributed by atoms with Gasteiger partial charge in [-0.05, 0) is 29.3 Å². The summed E-state index contributed by atoms with van der Waals surface area (Å²) in [4.78, 5) is 12.6. The molecule has 0 saturated heterocycles. The van der Waals surface area contributed by atoms with Gasteiger partial charge < -0.3 is 10.1 Å². The fourth-order valence-corrected chi connectivity index (χ4v) is 4.58. The molecule has 0 radical (unpaired) electrons. The second-order valence-electron chi connectivity index (χ2n) is 6.37. The Morgan fingerprint density at radius 3 is 2.41 bits per heavy atom. The van der Waals surface area contributed by atoms with Gasteiger partial charge in [0.15, 0.2) is 6.10 Å². The number of nitrogens with zero attached hydrogens (tertiary/aromatic N) is 1. The van der Waals surface area contributed by atoms with E-state index in [2.05, 4.69) is 5.32 Å². The van der Waals surface area contributed by atoms with Gasteiger partial charge in [-0.25, -0.2) is 8.42 Å². The van der Waals surface area contributed by atoms with Crippen molar-refractivity contribution in [2.75, 3.05) is 13.1 Å². The fraction of sp³-hybridized carbons (Fsp3) is 0.350. The van der Waals surface area contributed by atoms with Gasteiger partial charge in [0.25, 0.3) is 5.91 Å². The van der Waals surface area contributed by atoms with E-state index in [4.69, 9.17) is 4.74 Å². The molecule has 1 amide bonds. The Morgan fingerprint density at radius 2 is 1.78 bits per heavy atom. The zero-order valence-corrected chi connectivity index (χ0v) is 16.3. The molecule has 0 fully saturated rings. The predicted octanol–water partition coefficient (Wildman–Crippen LogP) is 2.34. The summed E-state index contributed by atoms with van der Waals surface area (Å²) in [6.45, 7) is 4.81. The molecule has 1 aliphatic heterocycles. The molecule has 0 spiro atoms. The summed E-state index contributed by atoms with van der Waals surface area (Å²) in [6.07, 6.45) is 0.0352. The zero-order chi connectivity index (χ0) is 19.4. The summed E-state index contributed by atoms with van der Waals surface area (Å²) in [5.74, 6) is 0.578. The lowest BCUT2D eigenvalue weighted by Gasteiger charge is -2.18. The van der Waals surface area contributed by atoms with Crippen molar-refractivity contribution in [3.8, 4) is 5.75 Å². The van der Waals surface area contributed by atoms with E-state index in [-0.39, 0.29) is 10.8 Å². The first-order chi connectivity index (χ1) is 13.0. The van der Waals surface area contributed by atoms with Crippen molar-refractivity contribution in [1.29, 1.82) is 0 Å². The predicted molar refractivity (Wildman–Crippen MR) is 103 cm³/mol. The van der Waals surface area contributed by atoms with Crippen molar-refractivity contribution in [2.45, 2.75) is 37.8 Å². The summed E-state index contributed by atoms with van der Waals surface area (Å²) >= 11 is 0. The topological polar surface area (TPSA) is 75.7 Å². The van der Waals surface area contributed by atoms with Gasteiger partial charge in [0.1, 0.15) is 5.75 Å². The molecule has 2 aromatic rings. The summed E-state index contributed by atoms with van der Waals surface area (Å²) in [6, 6.07) is 14.2. The molecule has 0 aliphatic carbocycles. The van der Waals surface area contributed by atoms with Crippen LogP contribution in [0.2, 0.25) is 0 Å². The number of fused-ring (bicyclic) bond motifs is 1. The van der Waals surface area contributed by atoms with Crippen molar-refractivity contribution in [2.24, 2.45) is 0 Å². The molecule has 2 aromatic carbocycles. The molecule has 1 heterocycles. The third-order valence-corrected chi connectivity index (χ3v) is 6.74. The Bertz CT molecular complexity index is 881. The van der Waals surface area contributed by atoms with E-state index in [1.54, 1.807) is 24.3 Å². The summed E-state index contributed by atoms with van der Waals surface area (Å²) in [5, 5.41) is 2.86. The van der Waals surface area contributed by atoms with Crippen molar-refractivity contribution < 1.29 is 17.9 Å². The van der Waals surface area contributed by atoms with Gasteiger partial charge in [-0.3, -0.25) is 4.79 Å². The highest BCUT2D eigenvalue weighted by Gasteiger charge is 2.28. The van der Waals surface area contributed by atoms with Crippen LogP contribution in [-0.4, -0.2) is 37.8 Å². The number of ether oxygens (including phenoxy) is 1. The fourth-order valence-electron chi connectivity index (χ4n) is 3.12. The molecular formula is C20H24N2O4S. The third kappa shape index (κ3) is 4.14. The minimum atomic E-state index is -3.47. The van der Waals surface area contributed by atoms with Crippen molar-refractivity contribution in [3.05, 3.63) is 59.7 Å². The van der Waals surface area contributed by atoms with Gasteiger partial charge in [-0.15, -0.1) is 0 Å². The zero-order valence-electron chi connectivity index (χ0n) is 15.5. The van der Waals surface area contributed by atoms with Crippen molar-refractivity contribution in [3.63, 3.8) is 0 Å². The van der Waals surface area contributed by atoms with E-state index in [0.29, 0.717) is 26.1 Å². The van der Waals surface area contributed by atoms with Crippen LogP contribution in [0.1, 0.15) is 25.0 Å². The molecule has 27 heavy (non-hydrogen) atoms. The average Bonchev–Trinajstić information content (AvgIpc) is 3.11. The molecule has 1 atom stereocenters. The lowest BCUT2D eigenvalue weighted by Crippen LogP contribution is -2.37. The Morgan fingerprint density at radius 1 is 1.11 bits per heavy atom. The Balaban J connectivity index is 1.59. The molecule has 0 unspecified atom stereocenters. The van der Waals surface area contributed by atoms with E-state index in [1.165, 1.54) is 4.31 Å². The molecule has 0 aromatic heterocycles. The van der Waals surface area contributed by atoms with Crippen LogP contribution >= 0.6 is 0 Å². The molecule has 0 saturated carbocycles. The van der Waals surface area contributed by atoms with E-state index in [1.807, 2.05) is 38.1 Å². The van der Waals surface area contributed by atoms with E-state index < -0.39 is 16.1 Å². The number of benzene rings is 2. The number of sulfonamides is 1. The second kappa shape index (κ2) is 8.10. The highest BCUT2D eigenvalue weighted by atomic mass is 32.2. The van der Waals surface area contributed by atoms with Gasteiger partial charge in [0, 0.05) is 26.1 Å². The van der Waals surface area contributed by atoms with Gasteiger partial charge in [-0.1, -0.05) is 44.2 Å². The SMILES string of the molecule is CCN(CC)S(=O)(=O)c1ccc(CNC(=O)[C@@H]2Cc3ccccc3O2)cc1. The highest BCUT2D eigenvalue weighted by Crippen LogP contribution is 2.28. The minimum Gasteiger partial charge on any atom is -0.480 e. The molecule has 3 rings (SSSR count). The quantitative estimate of drug-likeness (QED) is 0.790. The number of rotatable bonds is 7. The summed E-state index contributed by atoms with van der Waals surface area (Å²) in [7, 11) is -3.47. The monoisotopic (exact) mass is 388 g/mol. The standard InChI is InChI=1S/C20H24N2O4S/c1-3-22(4-2)27(24,25)17-11-9-15(10-12-17)14-21-20(23)19-13-16-7-5-6-8-18(16)26-19/h5-12,19H,3-4,13-14H2,1-2H3,(H,21,23)/t19-/m0/s1. The van der Waals surface area contributed by atoms with E-state index in [0.717, 1.165) is 16.9 Å². The molecule has 6 nitrogen and oxygen atoms in total. The number of amides is 1. The maximum Gasteiger partial charge on any atom is 0.261 e. The van der Waals surface area contributed by atoms with Crippen LogP contribution in [-0.2, 0) is 27.8 Å². The number of carbonyl (C=O) groups excluding carboxylic acids is 1. The largest absolute Gasteiger partial charge is 0.480 e. The molecule has 0 bridgehead atoms. The first-order valence-corrected chi connectivity index (χ1v) is 10.5. The normalized spacial score (nSPS) is 16.0. The number of hydrogen-bond donors (Lipinski definition) is 1. The van der Waals surface area contributed by atoms with Gasteiger partial charge in [0.05, 0.1) is 4.90 Å². The lowest BCUT2D eigenvalue weighted by molar-refractivity contribution is -0.127. The molecule has 7 heteroatoms. The maximum atomic E-state index is 12.5. The van der Waals surface area contributed by atoms with Crippen molar-refractivity contribution in [1.82, 2.24) is 9.62 Å². The van der Waals surface area contributed by atoms with Gasteiger partial charge >= 0.3 is 0 Å². The molecular weight excluding hydrogens is 364 g/mol. The molecule has 1 N–H and O–H groups in total. The van der Waals surface area contributed by atoms with Crippen LogP contribution in [0.15, 0.2) is 53.4 Å². The molecule has 144 valence electrons. The smallest absolute Gasteiger partial charge is 0.261 e. The number of nitrogens with one attached hydrogen (secondary N) is 1. The Kier molecular flexibility index (Phi) is 5.82. The van der Waals surface area contributed by atoms with Crippen LogP contribution in [0.3, 0.4) is 0 Å². The van der Waals surface area contributed by atoms with Crippen LogP contribution in [0.4, 0.5) is 0 Å². The van der Waals surface area contributed by atoms with Crippen LogP contribution in [0, 0.1) is 0 Å². The Labute approximate surface area is 160 Å². The summed E-state index contributed by atoms with van der Waals surface area (Å²) < 4.78 is 32.1. The van der Waals surface area contributed by atoms with Crippen molar-refractivity contribution >= 4 is 15.9 Å². The lowest BCUT2D eigenvalue weighted by atomic mass is 10.1. The second-order valence-corrected chi connectivity index (χ2v) is 8.31. The maximum absolute atomic E-state index is 12.5. The Hall–Kier alpha value is -2.38. The number of hydrogen-bond acceptors (Lipinski definition) is 4. The van der Waals surface area contributed by atoms with Crippen LogP contribution < -0.4 is 10.1 Å². The van der Waals surface area contributed by atoms with Crippen LogP contribution in [0.5, 0.6) is 5.75 Å². The highest BCUT2D eigenvalue weighted by molar-refractivity contribution is 7.89. The number of carbonyl (C=O) groups is 1.